The summed E-state index contributed by atoms with van der Waals surface area (Å²) in [6, 6.07) is 17.8. The molecular formula is C31H34O5. The summed E-state index contributed by atoms with van der Waals surface area (Å²) >= 11 is 0. The molecule has 5 heteroatoms. The topological polar surface area (TPSA) is 61.8 Å². The van der Waals surface area contributed by atoms with Gasteiger partial charge >= 0.3 is 5.97 Å². The lowest BCUT2D eigenvalue weighted by Gasteiger charge is -2.11. The monoisotopic (exact) mass is 486 g/mol. The normalized spacial score (nSPS) is 12.6. The third-order valence-electron chi connectivity index (χ3n) is 6.56. The highest BCUT2D eigenvalue weighted by molar-refractivity contribution is 6.22. The first-order chi connectivity index (χ1) is 17.5. The number of hydrogen-bond donors (Lipinski definition) is 0. The van der Waals surface area contributed by atoms with Crippen molar-refractivity contribution in [3.8, 4) is 28.4 Å². The van der Waals surface area contributed by atoms with E-state index >= 15 is 0 Å². The maximum atomic E-state index is 13.1. The number of ether oxygens (including phenoxy) is 3. The maximum Gasteiger partial charge on any atom is 0.343 e. The zero-order valence-electron chi connectivity index (χ0n) is 21.3. The van der Waals surface area contributed by atoms with Gasteiger partial charge < -0.3 is 14.2 Å². The van der Waals surface area contributed by atoms with Gasteiger partial charge in [-0.3, -0.25) is 4.79 Å². The smallest absolute Gasteiger partial charge is 0.343 e. The molecule has 0 saturated carbocycles. The molecule has 0 bridgehead atoms. The number of esters is 1. The van der Waals surface area contributed by atoms with Crippen LogP contribution in [-0.4, -0.2) is 25.0 Å². The average Bonchev–Trinajstić information content (AvgIpc) is 3.18. The van der Waals surface area contributed by atoms with Gasteiger partial charge in [-0.1, -0.05) is 52.5 Å². The van der Waals surface area contributed by atoms with E-state index in [-0.39, 0.29) is 5.78 Å². The van der Waals surface area contributed by atoms with E-state index in [0.29, 0.717) is 47.3 Å². The second kappa shape index (κ2) is 11.9. The molecule has 0 radical (unpaired) electrons. The van der Waals surface area contributed by atoms with E-state index in [2.05, 4.69) is 20.8 Å². The lowest BCUT2D eigenvalue weighted by atomic mass is 10.0. The van der Waals surface area contributed by atoms with Crippen LogP contribution >= 0.6 is 0 Å². The van der Waals surface area contributed by atoms with Gasteiger partial charge in [-0.05, 0) is 78.1 Å². The Balaban J connectivity index is 1.40. The largest absolute Gasteiger partial charge is 0.494 e. The van der Waals surface area contributed by atoms with Crippen molar-refractivity contribution in [2.45, 2.75) is 52.9 Å². The predicted molar refractivity (Wildman–Crippen MR) is 141 cm³/mol. The van der Waals surface area contributed by atoms with E-state index < -0.39 is 5.97 Å². The molecule has 1 aliphatic carbocycles. The molecule has 0 aliphatic heterocycles. The van der Waals surface area contributed by atoms with Gasteiger partial charge in [-0.15, -0.1) is 0 Å². The number of fused-ring (bicyclic) bond motifs is 3. The Kier molecular flexibility index (Phi) is 8.42. The van der Waals surface area contributed by atoms with E-state index in [0.717, 1.165) is 36.1 Å². The Hall–Kier alpha value is -3.60. The molecule has 0 aromatic heterocycles. The first-order valence-electron chi connectivity index (χ1n) is 12.9. The van der Waals surface area contributed by atoms with Crippen LogP contribution in [-0.2, 0) is 0 Å². The standard InChI is InChI=1S/C31H34O5/c1-4-6-7-8-17-34-25-14-16-27-26-15-9-22(18-28(26)30(32)29(27)19-25)31(33)36-24-12-10-23(11-13-24)35-20-21(3)5-2/h9-16,18-19,21H,4-8,17,20H2,1-3H3. The molecule has 36 heavy (non-hydrogen) atoms. The van der Waals surface area contributed by atoms with Gasteiger partial charge in [0.1, 0.15) is 17.2 Å². The first kappa shape index (κ1) is 25.5. The summed E-state index contributed by atoms with van der Waals surface area (Å²) in [7, 11) is 0. The lowest BCUT2D eigenvalue weighted by Crippen LogP contribution is -2.10. The van der Waals surface area contributed by atoms with Gasteiger partial charge in [-0.2, -0.15) is 0 Å². The van der Waals surface area contributed by atoms with Gasteiger partial charge in [0, 0.05) is 11.1 Å². The summed E-state index contributed by atoms with van der Waals surface area (Å²) in [5, 5.41) is 0. The fraction of sp³-hybridized carbons (Fsp3) is 0.355. The molecule has 3 aromatic carbocycles. The number of carbonyl (C=O) groups excluding carboxylic acids is 2. The van der Waals surface area contributed by atoms with E-state index in [9.17, 15) is 9.59 Å². The van der Waals surface area contributed by atoms with E-state index in [1.54, 1.807) is 42.5 Å². The Labute approximate surface area is 213 Å². The Bertz CT molecular complexity index is 1210. The zero-order valence-corrected chi connectivity index (χ0v) is 21.3. The molecule has 0 saturated heterocycles. The molecule has 3 aromatic rings. The molecule has 0 amide bonds. The van der Waals surface area contributed by atoms with E-state index in [4.69, 9.17) is 14.2 Å². The van der Waals surface area contributed by atoms with Crippen LogP contribution in [0.3, 0.4) is 0 Å². The highest BCUT2D eigenvalue weighted by atomic mass is 16.5. The van der Waals surface area contributed by atoms with E-state index in [1.165, 1.54) is 12.8 Å². The van der Waals surface area contributed by atoms with Crippen LogP contribution in [0.2, 0.25) is 0 Å². The number of benzene rings is 3. The highest BCUT2D eigenvalue weighted by Crippen LogP contribution is 2.39. The Morgan fingerprint density at radius 3 is 2.14 bits per heavy atom. The molecule has 5 nitrogen and oxygen atoms in total. The van der Waals surface area contributed by atoms with Crippen LogP contribution < -0.4 is 14.2 Å². The molecule has 0 spiro atoms. The quantitative estimate of drug-likeness (QED) is 0.118. The van der Waals surface area contributed by atoms with Crippen LogP contribution in [0, 0.1) is 5.92 Å². The van der Waals surface area contributed by atoms with Crippen molar-refractivity contribution < 1.29 is 23.8 Å². The minimum Gasteiger partial charge on any atom is -0.494 e. The zero-order chi connectivity index (χ0) is 25.5. The second-order valence-electron chi connectivity index (χ2n) is 9.39. The van der Waals surface area contributed by atoms with Crippen molar-refractivity contribution in [3.05, 3.63) is 77.4 Å². The SMILES string of the molecule is CCCCCCOc1ccc2c(c1)C(=O)c1cc(C(=O)Oc3ccc(OCC(C)CC)cc3)ccc1-2. The molecular weight excluding hydrogens is 452 g/mol. The van der Waals surface area contributed by atoms with Crippen LogP contribution in [0.15, 0.2) is 60.7 Å². The lowest BCUT2D eigenvalue weighted by molar-refractivity contribution is 0.0734. The summed E-state index contributed by atoms with van der Waals surface area (Å²) in [6.07, 6.45) is 5.57. The minimum absolute atomic E-state index is 0.103. The van der Waals surface area contributed by atoms with Gasteiger partial charge in [-0.25, -0.2) is 4.79 Å². The average molecular weight is 487 g/mol. The first-order valence-corrected chi connectivity index (χ1v) is 12.9. The van der Waals surface area contributed by atoms with Crippen molar-refractivity contribution in [1.29, 1.82) is 0 Å². The fourth-order valence-corrected chi connectivity index (χ4v) is 4.12. The van der Waals surface area contributed by atoms with Crippen molar-refractivity contribution in [2.75, 3.05) is 13.2 Å². The van der Waals surface area contributed by atoms with Crippen molar-refractivity contribution in [2.24, 2.45) is 5.92 Å². The van der Waals surface area contributed by atoms with Gasteiger partial charge in [0.25, 0.3) is 0 Å². The summed E-state index contributed by atoms with van der Waals surface area (Å²) in [5.74, 6) is 1.72. The van der Waals surface area contributed by atoms with Crippen LogP contribution in [0.4, 0.5) is 0 Å². The minimum atomic E-state index is -0.508. The molecule has 1 unspecified atom stereocenters. The fourth-order valence-electron chi connectivity index (χ4n) is 4.12. The molecule has 0 fully saturated rings. The second-order valence-corrected chi connectivity index (χ2v) is 9.39. The Morgan fingerprint density at radius 1 is 0.750 bits per heavy atom. The number of unbranched alkanes of at least 4 members (excludes halogenated alkanes) is 3. The predicted octanol–water partition coefficient (Wildman–Crippen LogP) is 7.50. The molecule has 0 heterocycles. The third-order valence-corrected chi connectivity index (χ3v) is 6.56. The van der Waals surface area contributed by atoms with Crippen LogP contribution in [0.5, 0.6) is 17.2 Å². The number of rotatable bonds is 12. The van der Waals surface area contributed by atoms with Crippen molar-refractivity contribution >= 4 is 11.8 Å². The number of hydrogen-bond acceptors (Lipinski definition) is 5. The molecule has 1 atom stereocenters. The van der Waals surface area contributed by atoms with Crippen LogP contribution in [0.1, 0.15) is 79.2 Å². The molecule has 188 valence electrons. The molecule has 4 rings (SSSR count). The third kappa shape index (κ3) is 5.96. The summed E-state index contributed by atoms with van der Waals surface area (Å²) in [4.78, 5) is 25.9. The molecule has 1 aliphatic rings. The summed E-state index contributed by atoms with van der Waals surface area (Å²) in [5.41, 5.74) is 3.13. The Morgan fingerprint density at radius 2 is 1.42 bits per heavy atom. The van der Waals surface area contributed by atoms with Crippen molar-refractivity contribution in [1.82, 2.24) is 0 Å². The van der Waals surface area contributed by atoms with Gasteiger partial charge in [0.05, 0.1) is 18.8 Å². The number of carbonyl (C=O) groups is 2. The molecule has 0 N–H and O–H groups in total. The summed E-state index contributed by atoms with van der Waals surface area (Å²) < 4.78 is 17.2. The highest BCUT2D eigenvalue weighted by Gasteiger charge is 2.28. The van der Waals surface area contributed by atoms with E-state index in [1.807, 2.05) is 18.2 Å². The number of ketones is 1. The van der Waals surface area contributed by atoms with Crippen LogP contribution in [0.25, 0.3) is 11.1 Å². The van der Waals surface area contributed by atoms with Crippen molar-refractivity contribution in [3.63, 3.8) is 0 Å². The van der Waals surface area contributed by atoms with Gasteiger partial charge in [0.2, 0.25) is 0 Å². The maximum absolute atomic E-state index is 13.1. The summed E-state index contributed by atoms with van der Waals surface area (Å²) in [6.45, 7) is 7.73. The van der Waals surface area contributed by atoms with Gasteiger partial charge in [0.15, 0.2) is 5.78 Å².